The number of amides is 1. The van der Waals surface area contributed by atoms with E-state index < -0.39 is 15.9 Å². The van der Waals surface area contributed by atoms with E-state index in [0.29, 0.717) is 16.9 Å². The number of nitrogens with two attached hydrogens (primary N) is 1. The highest BCUT2D eigenvalue weighted by molar-refractivity contribution is 7.89. The molecule has 3 N–H and O–H groups in total. The second-order valence-electron chi connectivity index (χ2n) is 6.46. The van der Waals surface area contributed by atoms with Gasteiger partial charge in [-0.3, -0.25) is 4.79 Å². The van der Waals surface area contributed by atoms with Crippen LogP contribution in [0.25, 0.3) is 5.69 Å². The van der Waals surface area contributed by atoms with Crippen molar-refractivity contribution in [3.63, 3.8) is 0 Å². The van der Waals surface area contributed by atoms with E-state index in [4.69, 9.17) is 9.88 Å². The van der Waals surface area contributed by atoms with Crippen molar-refractivity contribution in [3.05, 3.63) is 71.3 Å². The van der Waals surface area contributed by atoms with E-state index in [1.165, 1.54) is 37.4 Å². The summed E-state index contributed by atoms with van der Waals surface area (Å²) in [6.07, 6.45) is 0. The fourth-order valence-corrected chi connectivity index (χ4v) is 3.67. The minimum absolute atomic E-state index is 0.148. The predicted molar refractivity (Wildman–Crippen MR) is 108 cm³/mol. The van der Waals surface area contributed by atoms with Crippen molar-refractivity contribution in [1.29, 1.82) is 0 Å². The lowest BCUT2D eigenvalue weighted by molar-refractivity contribution is 0.102. The average Bonchev–Trinajstić information content (AvgIpc) is 2.96. The van der Waals surface area contributed by atoms with Crippen LogP contribution in [-0.2, 0) is 10.0 Å². The number of carbonyl (C=O) groups is 1. The molecule has 29 heavy (non-hydrogen) atoms. The van der Waals surface area contributed by atoms with Crippen LogP contribution < -0.4 is 15.2 Å². The second kappa shape index (κ2) is 7.69. The Morgan fingerprint density at radius 1 is 1.10 bits per heavy atom. The number of ether oxygens (including phenoxy) is 1. The zero-order valence-electron chi connectivity index (χ0n) is 16.1. The van der Waals surface area contributed by atoms with Crippen molar-refractivity contribution in [2.45, 2.75) is 18.7 Å². The average molecular weight is 417 g/mol. The third-order valence-corrected chi connectivity index (χ3v) is 5.42. The smallest absolute Gasteiger partial charge is 0.257 e. The number of carbonyl (C=O) groups excluding carboxylic acids is 1. The van der Waals surface area contributed by atoms with Crippen LogP contribution in [0.3, 0.4) is 0 Å². The number of hydrogen-bond acceptors (Lipinski definition) is 4. The monoisotopic (exact) mass is 417 g/mol. The minimum Gasteiger partial charge on any atom is -0.495 e. The van der Waals surface area contributed by atoms with Gasteiger partial charge in [0.25, 0.3) is 5.91 Å². The standard InChI is InChI=1S/C20H20FN3O4S/c1-12-10-17(13(2)24(12)15-6-4-14(21)5-7-15)20(25)23-18-11-16(29(22,26)27)8-9-19(18)28-3/h4-11H,1-3H3,(H,23,25)(H2,22,26,27). The molecule has 0 aliphatic carbocycles. The maximum atomic E-state index is 13.2. The van der Waals surface area contributed by atoms with Gasteiger partial charge in [-0.15, -0.1) is 0 Å². The highest BCUT2D eigenvalue weighted by Crippen LogP contribution is 2.29. The van der Waals surface area contributed by atoms with Crippen LogP contribution in [-0.4, -0.2) is 26.0 Å². The number of anilines is 1. The van der Waals surface area contributed by atoms with E-state index in [9.17, 15) is 17.6 Å². The quantitative estimate of drug-likeness (QED) is 0.666. The van der Waals surface area contributed by atoms with E-state index in [1.54, 1.807) is 25.1 Å². The third kappa shape index (κ3) is 4.15. The van der Waals surface area contributed by atoms with E-state index in [-0.39, 0.29) is 22.1 Å². The molecule has 0 atom stereocenters. The molecule has 0 aliphatic rings. The molecule has 152 valence electrons. The first kappa shape index (κ1) is 20.6. The summed E-state index contributed by atoms with van der Waals surface area (Å²) < 4.78 is 43.5. The molecule has 9 heteroatoms. The number of nitrogens with one attached hydrogen (secondary N) is 1. The molecule has 0 bridgehead atoms. The summed E-state index contributed by atoms with van der Waals surface area (Å²) in [6.45, 7) is 3.60. The van der Waals surface area contributed by atoms with Gasteiger partial charge < -0.3 is 14.6 Å². The lowest BCUT2D eigenvalue weighted by Crippen LogP contribution is -2.16. The number of halogens is 1. The minimum atomic E-state index is -3.94. The predicted octanol–water partition coefficient (Wildman–Crippen LogP) is 3.14. The van der Waals surface area contributed by atoms with Gasteiger partial charge in [0.15, 0.2) is 0 Å². The van der Waals surface area contributed by atoms with Crippen molar-refractivity contribution in [2.75, 3.05) is 12.4 Å². The molecule has 1 aromatic heterocycles. The molecular formula is C20H20FN3O4S. The van der Waals surface area contributed by atoms with Gasteiger partial charge in [-0.05, 0) is 62.4 Å². The molecule has 7 nitrogen and oxygen atoms in total. The molecule has 0 saturated carbocycles. The number of primary sulfonamides is 1. The van der Waals surface area contributed by atoms with Crippen molar-refractivity contribution >= 4 is 21.6 Å². The molecule has 0 aliphatic heterocycles. The van der Waals surface area contributed by atoms with Crippen LogP contribution in [0.4, 0.5) is 10.1 Å². The van der Waals surface area contributed by atoms with Gasteiger partial charge >= 0.3 is 0 Å². The maximum absolute atomic E-state index is 13.2. The Morgan fingerprint density at radius 2 is 1.76 bits per heavy atom. The Hall–Kier alpha value is -3.17. The molecule has 0 unspecified atom stereocenters. The number of aromatic nitrogens is 1. The van der Waals surface area contributed by atoms with Crippen molar-refractivity contribution in [3.8, 4) is 11.4 Å². The Kier molecular flexibility index (Phi) is 5.45. The summed E-state index contributed by atoms with van der Waals surface area (Å²) in [5.74, 6) is -0.509. The van der Waals surface area contributed by atoms with Gasteiger partial charge in [0.05, 0.1) is 23.3 Å². The fraction of sp³-hybridized carbons (Fsp3) is 0.150. The first-order chi connectivity index (χ1) is 13.6. The molecule has 1 heterocycles. The van der Waals surface area contributed by atoms with E-state index >= 15 is 0 Å². The van der Waals surface area contributed by atoms with E-state index in [0.717, 1.165) is 5.69 Å². The van der Waals surface area contributed by atoms with Gasteiger partial charge in [-0.25, -0.2) is 17.9 Å². The van der Waals surface area contributed by atoms with Crippen molar-refractivity contribution < 1.29 is 22.3 Å². The number of hydrogen-bond donors (Lipinski definition) is 2. The molecule has 0 spiro atoms. The number of aryl methyl sites for hydroxylation is 1. The number of rotatable bonds is 5. The van der Waals surface area contributed by atoms with Gasteiger partial charge in [0.2, 0.25) is 10.0 Å². The summed E-state index contributed by atoms with van der Waals surface area (Å²) in [4.78, 5) is 12.7. The number of benzene rings is 2. The fourth-order valence-electron chi connectivity index (χ4n) is 3.13. The molecule has 0 saturated heterocycles. The number of sulfonamides is 1. The topological polar surface area (TPSA) is 103 Å². The lowest BCUT2D eigenvalue weighted by atomic mass is 10.2. The van der Waals surface area contributed by atoms with Crippen LogP contribution >= 0.6 is 0 Å². The highest BCUT2D eigenvalue weighted by Gasteiger charge is 2.19. The molecule has 3 rings (SSSR count). The van der Waals surface area contributed by atoms with E-state index in [1.807, 2.05) is 11.5 Å². The first-order valence-electron chi connectivity index (χ1n) is 8.59. The van der Waals surface area contributed by atoms with Crippen molar-refractivity contribution in [2.24, 2.45) is 5.14 Å². The summed E-state index contributed by atoms with van der Waals surface area (Å²) in [5.41, 5.74) is 2.71. The molecule has 1 amide bonds. The lowest BCUT2D eigenvalue weighted by Gasteiger charge is -2.12. The van der Waals surface area contributed by atoms with Crippen LogP contribution in [0.15, 0.2) is 53.4 Å². The Labute approximate surface area is 168 Å². The van der Waals surface area contributed by atoms with Crippen molar-refractivity contribution in [1.82, 2.24) is 4.57 Å². The van der Waals surface area contributed by atoms with Gasteiger partial charge in [-0.2, -0.15) is 0 Å². The molecule has 2 aromatic carbocycles. The first-order valence-corrected chi connectivity index (χ1v) is 10.1. The van der Waals surface area contributed by atoms with Crippen LogP contribution in [0.5, 0.6) is 5.75 Å². The molecule has 0 fully saturated rings. The SMILES string of the molecule is COc1ccc(S(N)(=O)=O)cc1NC(=O)c1cc(C)n(-c2ccc(F)cc2)c1C. The Morgan fingerprint density at radius 3 is 2.34 bits per heavy atom. The molecule has 0 radical (unpaired) electrons. The summed E-state index contributed by atoms with van der Waals surface area (Å²) in [6, 6.07) is 11.6. The van der Waals surface area contributed by atoms with Crippen LogP contribution in [0.2, 0.25) is 0 Å². The maximum Gasteiger partial charge on any atom is 0.257 e. The van der Waals surface area contributed by atoms with Gasteiger partial charge in [0, 0.05) is 17.1 Å². The van der Waals surface area contributed by atoms with Crippen LogP contribution in [0, 0.1) is 19.7 Å². The second-order valence-corrected chi connectivity index (χ2v) is 8.02. The van der Waals surface area contributed by atoms with Gasteiger partial charge in [-0.1, -0.05) is 0 Å². The van der Waals surface area contributed by atoms with Crippen LogP contribution in [0.1, 0.15) is 21.7 Å². The summed E-state index contributed by atoms with van der Waals surface area (Å²) in [7, 11) is -2.54. The molecular weight excluding hydrogens is 397 g/mol. The number of methoxy groups -OCH3 is 1. The third-order valence-electron chi connectivity index (χ3n) is 4.51. The van der Waals surface area contributed by atoms with Gasteiger partial charge in [0.1, 0.15) is 11.6 Å². The molecule has 3 aromatic rings. The Balaban J connectivity index is 1.98. The summed E-state index contributed by atoms with van der Waals surface area (Å²) in [5, 5.41) is 7.85. The number of nitrogens with zero attached hydrogens (tertiary/aromatic N) is 1. The van der Waals surface area contributed by atoms with E-state index in [2.05, 4.69) is 5.32 Å². The normalized spacial score (nSPS) is 11.3. The zero-order valence-corrected chi connectivity index (χ0v) is 16.9. The zero-order chi connectivity index (χ0) is 21.3. The highest BCUT2D eigenvalue weighted by atomic mass is 32.2. The largest absolute Gasteiger partial charge is 0.495 e. The Bertz CT molecular complexity index is 1190. The summed E-state index contributed by atoms with van der Waals surface area (Å²) >= 11 is 0.